The Hall–Kier alpha value is -2.34. The van der Waals surface area contributed by atoms with Gasteiger partial charge < -0.3 is 0 Å². The Morgan fingerprint density at radius 3 is 1.83 bits per heavy atom. The van der Waals surface area contributed by atoms with E-state index in [0.29, 0.717) is 0 Å². The van der Waals surface area contributed by atoms with Gasteiger partial charge in [0, 0.05) is 0 Å². The van der Waals surface area contributed by atoms with Crippen molar-refractivity contribution in [3.8, 4) is 11.1 Å². The normalized spacial score (nSPS) is 9.78. The van der Waals surface area contributed by atoms with Crippen LogP contribution >= 0.6 is 0 Å². The summed E-state index contributed by atoms with van der Waals surface area (Å²) in [6.45, 7) is 11.4. The van der Waals surface area contributed by atoms with Gasteiger partial charge in [-0.25, -0.2) is 0 Å². The van der Waals surface area contributed by atoms with Crippen LogP contribution in [0.4, 0.5) is 0 Å². The lowest BCUT2D eigenvalue weighted by Crippen LogP contribution is -1.85. The third-order valence-electron chi connectivity index (χ3n) is 2.99. The predicted octanol–water partition coefficient (Wildman–Crippen LogP) is 5.28. The largest absolute Gasteiger partial charge is 0.0985 e. The minimum Gasteiger partial charge on any atom is -0.0985 e. The lowest BCUT2D eigenvalue weighted by molar-refractivity contribution is 1.56. The van der Waals surface area contributed by atoms with Gasteiger partial charge in [0.15, 0.2) is 0 Å². The fraction of sp³-hybridized carbons (Fsp3) is 0. The molecule has 0 saturated carbocycles. The van der Waals surface area contributed by atoms with E-state index < -0.39 is 0 Å². The first kappa shape index (κ1) is 12.1. The van der Waals surface area contributed by atoms with Crippen LogP contribution in [-0.2, 0) is 0 Å². The van der Waals surface area contributed by atoms with E-state index in [9.17, 15) is 0 Å². The standard InChI is InChI=1S/C18H16/c1-4-14-7-11-17(12-8-14)18-13-15(5-2)9-10-16(18)6-3/h4-13H,1-3H2. The van der Waals surface area contributed by atoms with Gasteiger partial charge in [0.05, 0.1) is 0 Å². The van der Waals surface area contributed by atoms with Gasteiger partial charge in [0.1, 0.15) is 0 Å². The van der Waals surface area contributed by atoms with Crippen molar-refractivity contribution in [2.24, 2.45) is 0 Å². The molecule has 0 N–H and O–H groups in total. The summed E-state index contributed by atoms with van der Waals surface area (Å²) in [5, 5.41) is 0. The van der Waals surface area contributed by atoms with E-state index in [-0.39, 0.29) is 0 Å². The summed E-state index contributed by atoms with van der Waals surface area (Å²) < 4.78 is 0. The third-order valence-corrected chi connectivity index (χ3v) is 2.99. The topological polar surface area (TPSA) is 0 Å². The summed E-state index contributed by atoms with van der Waals surface area (Å²) >= 11 is 0. The molecule has 0 unspecified atom stereocenters. The second-order valence-electron chi connectivity index (χ2n) is 4.08. The van der Waals surface area contributed by atoms with Crippen molar-refractivity contribution < 1.29 is 0 Å². The second-order valence-corrected chi connectivity index (χ2v) is 4.08. The average Bonchev–Trinajstić information content (AvgIpc) is 2.46. The highest BCUT2D eigenvalue weighted by atomic mass is 14.1. The monoisotopic (exact) mass is 232 g/mol. The lowest BCUT2D eigenvalue weighted by Gasteiger charge is -2.08. The molecule has 0 fully saturated rings. The zero-order valence-corrected chi connectivity index (χ0v) is 10.4. The number of benzene rings is 2. The molecule has 0 aromatic heterocycles. The molecule has 0 bridgehead atoms. The van der Waals surface area contributed by atoms with Crippen LogP contribution in [0.15, 0.2) is 62.2 Å². The quantitative estimate of drug-likeness (QED) is 0.672. The predicted molar refractivity (Wildman–Crippen MR) is 82.2 cm³/mol. The maximum atomic E-state index is 3.86. The summed E-state index contributed by atoms with van der Waals surface area (Å²) in [6, 6.07) is 14.6. The van der Waals surface area contributed by atoms with Gasteiger partial charge in [-0.2, -0.15) is 0 Å². The maximum absolute atomic E-state index is 3.86. The molecule has 0 aliphatic carbocycles. The van der Waals surface area contributed by atoms with E-state index in [2.05, 4.69) is 56.1 Å². The Balaban J connectivity index is 2.56. The van der Waals surface area contributed by atoms with Crippen LogP contribution < -0.4 is 0 Å². The fourth-order valence-corrected chi connectivity index (χ4v) is 1.93. The maximum Gasteiger partial charge on any atom is -0.0106 e. The van der Waals surface area contributed by atoms with Crippen molar-refractivity contribution in [3.63, 3.8) is 0 Å². The van der Waals surface area contributed by atoms with Crippen molar-refractivity contribution in [1.29, 1.82) is 0 Å². The summed E-state index contributed by atoms with van der Waals surface area (Å²) in [5.74, 6) is 0. The van der Waals surface area contributed by atoms with E-state index in [0.717, 1.165) is 16.7 Å². The smallest absolute Gasteiger partial charge is 0.0106 e. The SMILES string of the molecule is C=Cc1ccc(-c2cc(C=C)ccc2C=C)cc1. The summed E-state index contributed by atoms with van der Waals surface area (Å²) in [7, 11) is 0. The molecule has 0 heteroatoms. The van der Waals surface area contributed by atoms with Crippen LogP contribution in [0.25, 0.3) is 29.4 Å². The molecule has 0 saturated heterocycles. The van der Waals surface area contributed by atoms with Gasteiger partial charge >= 0.3 is 0 Å². The van der Waals surface area contributed by atoms with Crippen LogP contribution in [0.3, 0.4) is 0 Å². The molecule has 0 aliphatic rings. The van der Waals surface area contributed by atoms with Gasteiger partial charge in [-0.15, -0.1) is 0 Å². The molecule has 88 valence electrons. The highest BCUT2D eigenvalue weighted by molar-refractivity contribution is 5.77. The zero-order chi connectivity index (χ0) is 13.0. The van der Waals surface area contributed by atoms with Crippen molar-refractivity contribution in [1.82, 2.24) is 0 Å². The van der Waals surface area contributed by atoms with E-state index in [1.807, 2.05) is 24.3 Å². The Kier molecular flexibility index (Phi) is 3.59. The average molecular weight is 232 g/mol. The second kappa shape index (κ2) is 5.33. The van der Waals surface area contributed by atoms with Crippen molar-refractivity contribution in [3.05, 3.63) is 78.9 Å². The molecule has 18 heavy (non-hydrogen) atoms. The first-order valence-corrected chi connectivity index (χ1v) is 5.90. The van der Waals surface area contributed by atoms with E-state index in [1.165, 1.54) is 11.1 Å². The molecular weight excluding hydrogens is 216 g/mol. The van der Waals surface area contributed by atoms with Crippen LogP contribution in [-0.4, -0.2) is 0 Å². The minimum atomic E-state index is 1.11. The lowest BCUT2D eigenvalue weighted by atomic mass is 9.96. The molecule has 0 heterocycles. The van der Waals surface area contributed by atoms with Crippen molar-refractivity contribution in [2.45, 2.75) is 0 Å². The van der Waals surface area contributed by atoms with Crippen LogP contribution in [0.1, 0.15) is 16.7 Å². The molecule has 0 spiro atoms. The van der Waals surface area contributed by atoms with Gasteiger partial charge in [-0.1, -0.05) is 74.4 Å². The summed E-state index contributed by atoms with van der Waals surface area (Å²) in [6.07, 6.45) is 5.58. The molecular formula is C18H16. The Morgan fingerprint density at radius 1 is 0.667 bits per heavy atom. The molecule has 0 atom stereocenters. The third kappa shape index (κ3) is 2.33. The van der Waals surface area contributed by atoms with E-state index in [4.69, 9.17) is 0 Å². The Bertz CT molecular complexity index is 586. The molecule has 0 radical (unpaired) electrons. The first-order valence-electron chi connectivity index (χ1n) is 5.90. The molecule has 0 nitrogen and oxygen atoms in total. The van der Waals surface area contributed by atoms with Crippen LogP contribution in [0, 0.1) is 0 Å². The van der Waals surface area contributed by atoms with Gasteiger partial charge in [-0.05, 0) is 33.9 Å². The minimum absolute atomic E-state index is 1.11. The van der Waals surface area contributed by atoms with E-state index in [1.54, 1.807) is 0 Å². The zero-order valence-electron chi connectivity index (χ0n) is 10.4. The van der Waals surface area contributed by atoms with Gasteiger partial charge in [-0.3, -0.25) is 0 Å². The molecule has 2 aromatic rings. The number of rotatable bonds is 4. The summed E-state index contributed by atoms with van der Waals surface area (Å²) in [4.78, 5) is 0. The molecule has 0 aliphatic heterocycles. The summed E-state index contributed by atoms with van der Waals surface area (Å²) in [5.41, 5.74) is 5.73. The van der Waals surface area contributed by atoms with Gasteiger partial charge in [0.2, 0.25) is 0 Å². The Labute approximate surface area is 109 Å². The molecule has 2 aromatic carbocycles. The van der Waals surface area contributed by atoms with Crippen LogP contribution in [0.5, 0.6) is 0 Å². The van der Waals surface area contributed by atoms with Crippen molar-refractivity contribution in [2.75, 3.05) is 0 Å². The Morgan fingerprint density at radius 2 is 1.28 bits per heavy atom. The number of hydrogen-bond acceptors (Lipinski definition) is 0. The first-order chi connectivity index (χ1) is 8.78. The van der Waals surface area contributed by atoms with E-state index >= 15 is 0 Å². The number of hydrogen-bond donors (Lipinski definition) is 0. The highest BCUT2D eigenvalue weighted by Crippen LogP contribution is 2.26. The van der Waals surface area contributed by atoms with Crippen molar-refractivity contribution >= 4 is 18.2 Å². The van der Waals surface area contributed by atoms with Crippen LogP contribution in [0.2, 0.25) is 0 Å². The molecule has 0 amide bonds. The highest BCUT2D eigenvalue weighted by Gasteiger charge is 2.03. The fourth-order valence-electron chi connectivity index (χ4n) is 1.93. The van der Waals surface area contributed by atoms with Gasteiger partial charge in [0.25, 0.3) is 0 Å². The molecule has 2 rings (SSSR count).